The van der Waals surface area contributed by atoms with Crippen LogP contribution in [0.2, 0.25) is 0 Å². The first-order chi connectivity index (χ1) is 7.79. The third-order valence-corrected chi connectivity index (χ3v) is 3.24. The summed E-state index contributed by atoms with van der Waals surface area (Å²) in [6, 6.07) is 0.310. The molecule has 1 atom stereocenters. The van der Waals surface area contributed by atoms with Crippen LogP contribution >= 0.6 is 11.3 Å². The molecular formula is C11H16N4S. The van der Waals surface area contributed by atoms with Gasteiger partial charge in [-0.2, -0.15) is 5.10 Å². The molecule has 2 rings (SSSR count). The lowest BCUT2D eigenvalue weighted by molar-refractivity contribution is 0.548. The molecule has 4 nitrogen and oxygen atoms in total. The van der Waals surface area contributed by atoms with Crippen molar-refractivity contribution in [3.8, 4) is 0 Å². The van der Waals surface area contributed by atoms with Gasteiger partial charge < -0.3 is 5.32 Å². The molecule has 0 saturated heterocycles. The van der Waals surface area contributed by atoms with Crippen molar-refractivity contribution < 1.29 is 0 Å². The Balaban J connectivity index is 2.11. The number of nitrogens with one attached hydrogen (secondary N) is 1. The summed E-state index contributed by atoms with van der Waals surface area (Å²) in [5.74, 6) is 0. The summed E-state index contributed by atoms with van der Waals surface area (Å²) in [5, 5.41) is 10.8. The molecule has 2 aromatic rings. The van der Waals surface area contributed by atoms with Gasteiger partial charge in [-0.1, -0.05) is 6.92 Å². The Morgan fingerprint density at radius 3 is 3.00 bits per heavy atom. The molecule has 1 unspecified atom stereocenters. The first-order valence-electron chi connectivity index (χ1n) is 5.40. The maximum absolute atomic E-state index is 4.32. The van der Waals surface area contributed by atoms with Crippen LogP contribution < -0.4 is 5.32 Å². The molecule has 0 amide bonds. The standard InChI is InChI=1S/C11H16N4S/c1-3-12-10(6-11-13-4-5-16-11)9-7-14-15(2)8-9/h4-5,7-8,10,12H,3,6H2,1-2H3. The second kappa shape index (κ2) is 5.23. The molecule has 5 heteroatoms. The predicted molar refractivity (Wildman–Crippen MR) is 65.4 cm³/mol. The topological polar surface area (TPSA) is 42.7 Å². The number of aryl methyl sites for hydroxylation is 1. The quantitative estimate of drug-likeness (QED) is 0.860. The van der Waals surface area contributed by atoms with Gasteiger partial charge in [0.15, 0.2) is 0 Å². The van der Waals surface area contributed by atoms with E-state index >= 15 is 0 Å². The van der Waals surface area contributed by atoms with Gasteiger partial charge in [0.1, 0.15) is 0 Å². The third-order valence-electron chi connectivity index (χ3n) is 2.44. The van der Waals surface area contributed by atoms with Gasteiger partial charge in [-0.3, -0.25) is 4.68 Å². The second-order valence-corrected chi connectivity index (χ2v) is 4.67. The fraction of sp³-hybridized carbons (Fsp3) is 0.455. The van der Waals surface area contributed by atoms with Crippen LogP contribution in [-0.4, -0.2) is 21.3 Å². The Labute approximate surface area is 99.3 Å². The van der Waals surface area contributed by atoms with E-state index in [-0.39, 0.29) is 0 Å². The average Bonchev–Trinajstić information content (AvgIpc) is 2.88. The van der Waals surface area contributed by atoms with Crippen LogP contribution in [0.15, 0.2) is 24.0 Å². The van der Waals surface area contributed by atoms with Crippen molar-refractivity contribution >= 4 is 11.3 Å². The first kappa shape index (κ1) is 11.3. The van der Waals surface area contributed by atoms with E-state index in [0.29, 0.717) is 6.04 Å². The SMILES string of the molecule is CCNC(Cc1nccs1)c1cnn(C)c1. The number of hydrogen-bond donors (Lipinski definition) is 1. The van der Waals surface area contributed by atoms with Gasteiger partial charge >= 0.3 is 0 Å². The van der Waals surface area contributed by atoms with Gasteiger partial charge in [-0.05, 0) is 6.54 Å². The monoisotopic (exact) mass is 236 g/mol. The summed E-state index contributed by atoms with van der Waals surface area (Å²) in [7, 11) is 1.94. The summed E-state index contributed by atoms with van der Waals surface area (Å²) in [4.78, 5) is 4.32. The van der Waals surface area contributed by atoms with Crippen LogP contribution in [0, 0.1) is 0 Å². The number of likely N-dealkylation sites (N-methyl/N-ethyl adjacent to an activating group) is 1. The molecule has 0 aromatic carbocycles. The van der Waals surface area contributed by atoms with Crippen LogP contribution in [0.1, 0.15) is 23.5 Å². The van der Waals surface area contributed by atoms with Crippen molar-refractivity contribution in [3.63, 3.8) is 0 Å². The lowest BCUT2D eigenvalue weighted by atomic mass is 10.1. The minimum atomic E-state index is 0.310. The molecule has 86 valence electrons. The molecule has 0 aliphatic carbocycles. The largest absolute Gasteiger partial charge is 0.310 e. The summed E-state index contributed by atoms with van der Waals surface area (Å²) in [5.41, 5.74) is 1.22. The Morgan fingerprint density at radius 2 is 2.44 bits per heavy atom. The zero-order chi connectivity index (χ0) is 11.4. The molecule has 16 heavy (non-hydrogen) atoms. The number of nitrogens with zero attached hydrogens (tertiary/aromatic N) is 3. The normalized spacial score (nSPS) is 12.9. The van der Waals surface area contributed by atoms with Crippen LogP contribution in [0.25, 0.3) is 0 Å². The highest BCUT2D eigenvalue weighted by atomic mass is 32.1. The second-order valence-electron chi connectivity index (χ2n) is 3.69. The smallest absolute Gasteiger partial charge is 0.0943 e. The van der Waals surface area contributed by atoms with Crippen LogP contribution in [0.4, 0.5) is 0 Å². The van der Waals surface area contributed by atoms with Crippen LogP contribution in [-0.2, 0) is 13.5 Å². The van der Waals surface area contributed by atoms with Gasteiger partial charge in [0.05, 0.1) is 11.2 Å². The highest BCUT2D eigenvalue weighted by molar-refractivity contribution is 7.09. The molecule has 2 aromatic heterocycles. The number of rotatable bonds is 5. The van der Waals surface area contributed by atoms with Crippen molar-refractivity contribution in [3.05, 3.63) is 34.5 Å². The number of thiazole rings is 1. The van der Waals surface area contributed by atoms with E-state index in [2.05, 4.69) is 28.5 Å². The predicted octanol–water partition coefficient (Wildman–Crippen LogP) is 1.77. The molecular weight excluding hydrogens is 220 g/mol. The zero-order valence-corrected chi connectivity index (χ0v) is 10.4. The van der Waals surface area contributed by atoms with E-state index < -0.39 is 0 Å². The number of aromatic nitrogens is 3. The lowest BCUT2D eigenvalue weighted by Gasteiger charge is -2.14. The molecule has 0 spiro atoms. The Kier molecular flexibility index (Phi) is 3.69. The van der Waals surface area contributed by atoms with Gasteiger partial charge in [-0.25, -0.2) is 4.98 Å². The maximum Gasteiger partial charge on any atom is 0.0943 e. The van der Waals surface area contributed by atoms with E-state index in [9.17, 15) is 0 Å². The van der Waals surface area contributed by atoms with Gasteiger partial charge in [0.2, 0.25) is 0 Å². The zero-order valence-electron chi connectivity index (χ0n) is 9.55. The minimum Gasteiger partial charge on any atom is -0.310 e. The highest BCUT2D eigenvalue weighted by Gasteiger charge is 2.13. The summed E-state index contributed by atoms with van der Waals surface area (Å²) >= 11 is 1.70. The third kappa shape index (κ3) is 2.68. The summed E-state index contributed by atoms with van der Waals surface area (Å²) < 4.78 is 1.83. The molecule has 2 heterocycles. The molecule has 1 N–H and O–H groups in total. The molecule has 0 fully saturated rings. The van der Waals surface area contributed by atoms with E-state index in [4.69, 9.17) is 0 Å². The van der Waals surface area contributed by atoms with Crippen LogP contribution in [0.5, 0.6) is 0 Å². The average molecular weight is 236 g/mol. The molecule has 0 bridgehead atoms. The van der Waals surface area contributed by atoms with Crippen molar-refractivity contribution in [1.82, 2.24) is 20.1 Å². The Morgan fingerprint density at radius 1 is 1.56 bits per heavy atom. The summed E-state index contributed by atoms with van der Waals surface area (Å²) in [6.45, 7) is 3.07. The first-order valence-corrected chi connectivity index (χ1v) is 6.28. The summed E-state index contributed by atoms with van der Waals surface area (Å²) in [6.07, 6.45) is 6.76. The van der Waals surface area contributed by atoms with E-state index in [0.717, 1.165) is 18.0 Å². The van der Waals surface area contributed by atoms with Crippen molar-refractivity contribution in [2.75, 3.05) is 6.54 Å². The molecule has 0 aliphatic heterocycles. The lowest BCUT2D eigenvalue weighted by Crippen LogP contribution is -2.22. The van der Waals surface area contributed by atoms with Crippen molar-refractivity contribution in [2.24, 2.45) is 7.05 Å². The maximum atomic E-state index is 4.32. The number of hydrogen-bond acceptors (Lipinski definition) is 4. The van der Waals surface area contributed by atoms with E-state index in [1.54, 1.807) is 11.3 Å². The molecule has 0 saturated carbocycles. The van der Waals surface area contributed by atoms with Crippen LogP contribution in [0.3, 0.4) is 0 Å². The van der Waals surface area contributed by atoms with E-state index in [1.165, 1.54) is 5.56 Å². The van der Waals surface area contributed by atoms with Gasteiger partial charge in [0.25, 0.3) is 0 Å². The minimum absolute atomic E-state index is 0.310. The van der Waals surface area contributed by atoms with Gasteiger partial charge in [-0.15, -0.1) is 11.3 Å². The molecule has 0 aliphatic rings. The molecule has 0 radical (unpaired) electrons. The Bertz CT molecular complexity index is 421. The van der Waals surface area contributed by atoms with Crippen molar-refractivity contribution in [2.45, 2.75) is 19.4 Å². The highest BCUT2D eigenvalue weighted by Crippen LogP contribution is 2.18. The van der Waals surface area contributed by atoms with Crippen molar-refractivity contribution in [1.29, 1.82) is 0 Å². The fourth-order valence-electron chi connectivity index (χ4n) is 1.70. The Hall–Kier alpha value is -1.20. The van der Waals surface area contributed by atoms with E-state index in [1.807, 2.05) is 29.5 Å². The fourth-order valence-corrected chi connectivity index (χ4v) is 2.37. The van der Waals surface area contributed by atoms with Gasteiger partial charge in [0, 0.05) is 42.8 Å².